The van der Waals surface area contributed by atoms with E-state index in [-0.39, 0.29) is 13.2 Å². The highest BCUT2D eigenvalue weighted by Crippen LogP contribution is 2.37. The third kappa shape index (κ3) is 5.54. The van der Waals surface area contributed by atoms with Gasteiger partial charge >= 0.3 is 6.09 Å². The summed E-state index contributed by atoms with van der Waals surface area (Å²) in [4.78, 5) is 18.8. The number of hydrogen-bond donors (Lipinski definition) is 1. The Morgan fingerprint density at radius 2 is 1.86 bits per heavy atom. The van der Waals surface area contributed by atoms with E-state index in [0.29, 0.717) is 41.9 Å². The fourth-order valence-corrected chi connectivity index (χ4v) is 5.59. The molecule has 0 unspecified atom stereocenters. The molecule has 0 spiro atoms. The van der Waals surface area contributed by atoms with Crippen molar-refractivity contribution in [3.63, 3.8) is 0 Å². The highest BCUT2D eigenvalue weighted by atomic mass is 16.7. The summed E-state index contributed by atoms with van der Waals surface area (Å²) >= 11 is 0. The van der Waals surface area contributed by atoms with Gasteiger partial charge in [0.05, 0.1) is 33.5 Å². The number of methoxy groups -OCH3 is 1. The molecule has 3 heterocycles. The van der Waals surface area contributed by atoms with Crippen molar-refractivity contribution in [2.24, 2.45) is 0 Å². The first kappa shape index (κ1) is 29.4. The van der Waals surface area contributed by atoms with Gasteiger partial charge in [-0.15, -0.1) is 0 Å². The van der Waals surface area contributed by atoms with Crippen LogP contribution in [0.3, 0.4) is 0 Å². The second-order valence-corrected chi connectivity index (χ2v) is 11.9. The van der Waals surface area contributed by atoms with Gasteiger partial charge in [0.25, 0.3) is 5.89 Å². The van der Waals surface area contributed by atoms with Crippen LogP contribution in [0, 0.1) is 0 Å². The Morgan fingerprint density at radius 3 is 2.50 bits per heavy atom. The van der Waals surface area contributed by atoms with Gasteiger partial charge in [-0.05, 0) is 71.9 Å². The van der Waals surface area contributed by atoms with Gasteiger partial charge < -0.3 is 33.1 Å². The standard InChI is InChI=1S/C31H38N4O7/c1-8-39-24-13-12-20(16-25(24)38-7)27-32-26(33-42-27)22-10-9-11-23-21(22)14-15-34(23)17-31(18-40-30(5,6)41-19-31)35(28(36)37)29(2,3)4/h9-16H,8,17-19H2,1-7H3,(H,36,37). The number of aromatic nitrogens is 3. The SMILES string of the molecule is CCOc1ccc(-c2nc(-c3cccc4c3ccn4CC3(N(C(=O)O)C(C)(C)C)COC(C)(C)OC3)no2)cc1OC. The lowest BCUT2D eigenvalue weighted by Crippen LogP contribution is -2.68. The maximum absolute atomic E-state index is 12.6. The molecule has 11 nitrogen and oxygen atoms in total. The first-order valence-electron chi connectivity index (χ1n) is 13.9. The van der Waals surface area contributed by atoms with Crippen LogP contribution in [0.1, 0.15) is 41.5 Å². The average molecular weight is 579 g/mol. The van der Waals surface area contributed by atoms with Crippen molar-refractivity contribution >= 4 is 17.0 Å². The van der Waals surface area contributed by atoms with Gasteiger partial charge in [-0.25, -0.2) is 4.79 Å². The molecule has 4 aromatic rings. The minimum atomic E-state index is -1.03. The summed E-state index contributed by atoms with van der Waals surface area (Å²) in [6, 6.07) is 13.3. The van der Waals surface area contributed by atoms with E-state index >= 15 is 0 Å². The Hall–Kier alpha value is -4.09. The summed E-state index contributed by atoms with van der Waals surface area (Å²) in [7, 11) is 1.58. The molecule has 1 aliphatic rings. The van der Waals surface area contributed by atoms with Gasteiger partial charge in [-0.1, -0.05) is 17.3 Å². The van der Waals surface area contributed by atoms with Crippen LogP contribution in [-0.2, 0) is 16.0 Å². The number of fused-ring (bicyclic) bond motifs is 1. The normalized spacial score (nSPS) is 16.4. The number of ether oxygens (including phenoxy) is 4. The van der Waals surface area contributed by atoms with E-state index in [1.54, 1.807) is 13.2 Å². The maximum atomic E-state index is 12.6. The van der Waals surface area contributed by atoms with Crippen molar-refractivity contribution in [1.29, 1.82) is 0 Å². The summed E-state index contributed by atoms with van der Waals surface area (Å²) in [6.45, 7) is 12.4. The van der Waals surface area contributed by atoms with Crippen LogP contribution in [0.15, 0.2) is 53.2 Å². The fourth-order valence-electron chi connectivity index (χ4n) is 5.59. The lowest BCUT2D eigenvalue weighted by Gasteiger charge is -2.52. The van der Waals surface area contributed by atoms with Crippen LogP contribution in [-0.4, -0.2) is 74.6 Å². The first-order valence-corrected chi connectivity index (χ1v) is 13.9. The van der Waals surface area contributed by atoms with Crippen molar-refractivity contribution in [2.75, 3.05) is 26.9 Å². The molecule has 42 heavy (non-hydrogen) atoms. The number of carboxylic acid groups (broad SMARTS) is 1. The van der Waals surface area contributed by atoms with Crippen molar-refractivity contribution < 1.29 is 33.4 Å². The molecule has 0 bridgehead atoms. The van der Waals surface area contributed by atoms with E-state index in [1.807, 2.05) is 88.7 Å². The molecule has 5 rings (SSSR count). The van der Waals surface area contributed by atoms with Crippen molar-refractivity contribution in [1.82, 2.24) is 19.6 Å². The molecule has 1 amide bonds. The minimum absolute atomic E-state index is 0.183. The second-order valence-electron chi connectivity index (χ2n) is 11.9. The van der Waals surface area contributed by atoms with Gasteiger partial charge in [-0.2, -0.15) is 4.98 Å². The predicted molar refractivity (Wildman–Crippen MR) is 157 cm³/mol. The molecule has 1 N–H and O–H groups in total. The lowest BCUT2D eigenvalue weighted by atomic mass is 9.91. The van der Waals surface area contributed by atoms with Crippen LogP contribution in [0.4, 0.5) is 4.79 Å². The number of hydrogen-bond acceptors (Lipinski definition) is 8. The third-order valence-electron chi connectivity index (χ3n) is 7.37. The summed E-state index contributed by atoms with van der Waals surface area (Å²) in [5, 5.41) is 15.5. The number of nitrogens with zero attached hydrogens (tertiary/aromatic N) is 4. The lowest BCUT2D eigenvalue weighted by molar-refractivity contribution is -0.290. The molecule has 0 atom stereocenters. The molecule has 1 saturated heterocycles. The van der Waals surface area contributed by atoms with Crippen LogP contribution in [0.25, 0.3) is 33.7 Å². The highest BCUT2D eigenvalue weighted by Gasteiger charge is 2.51. The van der Waals surface area contributed by atoms with Gasteiger partial charge in [0.15, 0.2) is 17.3 Å². The highest BCUT2D eigenvalue weighted by molar-refractivity contribution is 5.94. The van der Waals surface area contributed by atoms with Gasteiger partial charge in [-0.3, -0.25) is 4.90 Å². The van der Waals surface area contributed by atoms with E-state index < -0.39 is 23.0 Å². The summed E-state index contributed by atoms with van der Waals surface area (Å²) in [5.41, 5.74) is 0.727. The molecular weight excluding hydrogens is 540 g/mol. The first-order chi connectivity index (χ1) is 19.9. The van der Waals surface area contributed by atoms with Gasteiger partial charge in [0.1, 0.15) is 5.54 Å². The van der Waals surface area contributed by atoms with Crippen molar-refractivity contribution in [2.45, 2.75) is 65.0 Å². The van der Waals surface area contributed by atoms with Crippen LogP contribution >= 0.6 is 0 Å². The number of carbonyl (C=O) groups is 1. The van der Waals surface area contributed by atoms with E-state index in [9.17, 15) is 9.90 Å². The summed E-state index contributed by atoms with van der Waals surface area (Å²) < 4.78 is 30.9. The molecule has 2 aromatic carbocycles. The van der Waals surface area contributed by atoms with E-state index in [2.05, 4.69) is 10.1 Å². The number of amides is 1. The smallest absolute Gasteiger partial charge is 0.408 e. The van der Waals surface area contributed by atoms with Crippen LogP contribution in [0.2, 0.25) is 0 Å². The number of rotatable bonds is 8. The zero-order valence-electron chi connectivity index (χ0n) is 25.1. The molecular formula is C31H38N4O7. The zero-order chi connectivity index (χ0) is 30.3. The molecule has 2 aromatic heterocycles. The van der Waals surface area contributed by atoms with E-state index in [4.69, 9.17) is 23.5 Å². The Bertz CT molecular complexity index is 1570. The molecule has 0 radical (unpaired) electrons. The second kappa shape index (κ2) is 11.0. The Kier molecular flexibility index (Phi) is 7.67. The Labute approximate surface area is 244 Å². The predicted octanol–water partition coefficient (Wildman–Crippen LogP) is 6.07. The molecule has 224 valence electrons. The van der Waals surface area contributed by atoms with Crippen molar-refractivity contribution in [3.8, 4) is 34.3 Å². The number of benzene rings is 2. The quantitative estimate of drug-likeness (QED) is 0.266. The van der Waals surface area contributed by atoms with Crippen LogP contribution < -0.4 is 9.47 Å². The van der Waals surface area contributed by atoms with Crippen molar-refractivity contribution in [3.05, 3.63) is 48.7 Å². The Balaban J connectivity index is 1.50. The zero-order valence-corrected chi connectivity index (χ0v) is 25.1. The topological polar surface area (TPSA) is 121 Å². The minimum Gasteiger partial charge on any atom is -0.493 e. The summed E-state index contributed by atoms with van der Waals surface area (Å²) in [5.74, 6) is 1.19. The monoisotopic (exact) mass is 578 g/mol. The van der Waals surface area contributed by atoms with Crippen LogP contribution in [0.5, 0.6) is 11.5 Å². The largest absolute Gasteiger partial charge is 0.493 e. The maximum Gasteiger partial charge on any atom is 0.408 e. The molecule has 0 aliphatic carbocycles. The molecule has 1 fully saturated rings. The van der Waals surface area contributed by atoms with Gasteiger partial charge in [0, 0.05) is 33.8 Å². The molecule has 11 heteroatoms. The fraction of sp³-hybridized carbons (Fsp3) is 0.452. The Morgan fingerprint density at radius 1 is 1.12 bits per heavy atom. The van der Waals surface area contributed by atoms with E-state index in [0.717, 1.165) is 16.5 Å². The van der Waals surface area contributed by atoms with E-state index in [1.165, 1.54) is 4.90 Å². The molecule has 0 saturated carbocycles. The van der Waals surface area contributed by atoms with Gasteiger partial charge in [0.2, 0.25) is 5.82 Å². The third-order valence-corrected chi connectivity index (χ3v) is 7.37. The molecule has 1 aliphatic heterocycles. The summed E-state index contributed by atoms with van der Waals surface area (Å²) in [6.07, 6.45) is 0.910. The average Bonchev–Trinajstić information content (AvgIpc) is 3.58.